The van der Waals surface area contributed by atoms with E-state index in [2.05, 4.69) is 0 Å². The highest BCUT2D eigenvalue weighted by Gasteiger charge is 2.34. The molecule has 0 fully saturated rings. The lowest BCUT2D eigenvalue weighted by Crippen LogP contribution is -2.15. The van der Waals surface area contributed by atoms with Crippen molar-refractivity contribution in [2.24, 2.45) is 0 Å². The lowest BCUT2D eigenvalue weighted by molar-refractivity contribution is 1.03. The largest absolute Gasteiger partial charge is 0.171 e. The molecule has 0 heterocycles. The normalized spacial score (nSPS) is 11.8. The third-order valence-corrected chi connectivity index (χ3v) is 5.92. The van der Waals surface area contributed by atoms with Gasteiger partial charge in [0.25, 0.3) is 0 Å². The smallest absolute Gasteiger partial charge is 0.0908 e. The first-order valence-corrected chi connectivity index (χ1v) is 8.22. The Morgan fingerprint density at radius 1 is 0.667 bits per heavy atom. The van der Waals surface area contributed by atoms with Crippen LogP contribution in [0.25, 0.3) is 0 Å². The molecule has 0 bridgehead atoms. The van der Waals surface area contributed by atoms with E-state index >= 15 is 0 Å². The number of rotatable bonds is 2. The molecule has 0 nitrogen and oxygen atoms in total. The maximum Gasteiger partial charge on any atom is 0.171 e. The lowest BCUT2D eigenvalue weighted by atomic mass is 10.00. The zero-order chi connectivity index (χ0) is 15.9. The van der Waals surface area contributed by atoms with E-state index < -0.39 is 4.33 Å². The molecule has 0 aromatic heterocycles. The van der Waals surface area contributed by atoms with E-state index in [0.717, 1.165) is 0 Å². The summed E-state index contributed by atoms with van der Waals surface area (Å²) in [4.78, 5) is 0. The first-order valence-electron chi connectivity index (χ1n) is 5.96. The molecule has 0 saturated heterocycles. The van der Waals surface area contributed by atoms with Crippen LogP contribution in [0.15, 0.2) is 24.3 Å². The van der Waals surface area contributed by atoms with Crippen LogP contribution in [0.2, 0.25) is 20.1 Å². The molecule has 2 aromatic rings. The molecule has 2 aromatic carbocycles. The highest BCUT2D eigenvalue weighted by molar-refractivity contribution is 6.52. The molecule has 0 spiro atoms. The number of hydrogen-bond acceptors (Lipinski definition) is 0. The summed E-state index contributed by atoms with van der Waals surface area (Å²) in [5.74, 6) is 0. The molecule has 21 heavy (non-hydrogen) atoms. The number of hydrogen-bond donors (Lipinski definition) is 0. The van der Waals surface area contributed by atoms with E-state index in [1.165, 1.54) is 0 Å². The lowest BCUT2D eigenvalue weighted by Gasteiger charge is -2.25. The fourth-order valence-corrected chi connectivity index (χ4v) is 3.80. The Bertz CT molecular complexity index is 646. The van der Waals surface area contributed by atoms with Crippen LogP contribution in [0.5, 0.6) is 0 Å². The summed E-state index contributed by atoms with van der Waals surface area (Å²) in [5.41, 5.74) is 2.47. The monoisotopic (exact) mass is 400 g/mol. The van der Waals surface area contributed by atoms with Crippen LogP contribution < -0.4 is 0 Å². The zero-order valence-electron chi connectivity index (χ0n) is 11.1. The minimum atomic E-state index is -1.40. The van der Waals surface area contributed by atoms with Gasteiger partial charge in [-0.3, -0.25) is 0 Å². The molecule has 0 saturated carbocycles. The quantitative estimate of drug-likeness (QED) is 0.453. The molecule has 0 aliphatic rings. The summed E-state index contributed by atoms with van der Waals surface area (Å²) >= 11 is 37.9. The van der Waals surface area contributed by atoms with Gasteiger partial charge in [0, 0.05) is 21.2 Å². The van der Waals surface area contributed by atoms with Gasteiger partial charge in [-0.25, -0.2) is 0 Å². The molecule has 0 aliphatic heterocycles. The second-order valence-electron chi connectivity index (χ2n) is 4.64. The molecule has 0 unspecified atom stereocenters. The third-order valence-electron chi connectivity index (χ3n) is 3.32. The van der Waals surface area contributed by atoms with Crippen LogP contribution in [-0.2, 0) is 4.33 Å². The Balaban J connectivity index is 2.68. The zero-order valence-corrected chi connectivity index (χ0v) is 15.6. The van der Waals surface area contributed by atoms with Gasteiger partial charge in [0.05, 0.1) is 10.0 Å². The molecule has 6 heteroatoms. The molecule has 0 amide bonds. The van der Waals surface area contributed by atoms with Crippen molar-refractivity contribution in [1.29, 1.82) is 0 Å². The van der Waals surface area contributed by atoms with Crippen LogP contribution in [0.4, 0.5) is 0 Å². The summed E-state index contributed by atoms with van der Waals surface area (Å²) in [6.45, 7) is 3.60. The van der Waals surface area contributed by atoms with E-state index in [-0.39, 0.29) is 0 Å². The van der Waals surface area contributed by atoms with Gasteiger partial charge in [-0.15, -0.1) is 0 Å². The topological polar surface area (TPSA) is 0 Å². The van der Waals surface area contributed by atoms with Crippen molar-refractivity contribution < 1.29 is 0 Å². The minimum Gasteiger partial charge on any atom is -0.0908 e. The van der Waals surface area contributed by atoms with Crippen LogP contribution in [0, 0.1) is 13.8 Å². The predicted molar refractivity (Wildman–Crippen MR) is 94.9 cm³/mol. The highest BCUT2D eigenvalue weighted by Crippen LogP contribution is 2.49. The molecule has 0 radical (unpaired) electrons. The van der Waals surface area contributed by atoms with E-state index in [4.69, 9.17) is 69.6 Å². The maximum atomic E-state index is 6.56. The van der Waals surface area contributed by atoms with Gasteiger partial charge in [-0.05, 0) is 37.1 Å². The third kappa shape index (κ3) is 3.13. The molecular formula is C15H10Cl6. The Kier molecular flexibility index (Phi) is 5.31. The van der Waals surface area contributed by atoms with Crippen molar-refractivity contribution in [3.8, 4) is 0 Å². The molecule has 112 valence electrons. The SMILES string of the molecule is Cc1c(Cl)ccc(C(Cl)(Cl)c2ccc(Cl)c(C)c2Cl)c1Cl. The van der Waals surface area contributed by atoms with Crippen molar-refractivity contribution in [2.45, 2.75) is 18.2 Å². The molecule has 0 aliphatic carbocycles. The van der Waals surface area contributed by atoms with Crippen molar-refractivity contribution in [2.75, 3.05) is 0 Å². The van der Waals surface area contributed by atoms with Gasteiger partial charge in [-0.2, -0.15) is 0 Å². The molecular weight excluding hydrogens is 393 g/mol. The second-order valence-corrected chi connectivity index (χ2v) is 7.54. The van der Waals surface area contributed by atoms with E-state index in [1.807, 2.05) is 0 Å². The predicted octanol–water partition coefficient (Wildman–Crippen LogP) is 7.60. The average molecular weight is 403 g/mol. The van der Waals surface area contributed by atoms with E-state index in [1.54, 1.807) is 38.1 Å². The fourth-order valence-electron chi connectivity index (χ4n) is 1.95. The molecule has 0 N–H and O–H groups in total. The van der Waals surface area contributed by atoms with Crippen molar-refractivity contribution in [3.05, 3.63) is 66.6 Å². The van der Waals surface area contributed by atoms with Gasteiger partial charge >= 0.3 is 0 Å². The maximum absolute atomic E-state index is 6.56. The van der Waals surface area contributed by atoms with Gasteiger partial charge in [0.2, 0.25) is 0 Å². The first-order chi connectivity index (χ1) is 9.67. The van der Waals surface area contributed by atoms with Crippen molar-refractivity contribution in [3.63, 3.8) is 0 Å². The Labute approximate surface area is 153 Å². The van der Waals surface area contributed by atoms with Gasteiger partial charge in [-0.1, -0.05) is 81.7 Å². The van der Waals surface area contributed by atoms with E-state index in [9.17, 15) is 0 Å². The standard InChI is InChI=1S/C15H10Cl6/c1-7-11(16)5-3-9(13(7)18)15(20,21)10-4-6-12(17)8(2)14(10)19/h3-6H,1-2H3. The first kappa shape index (κ1) is 17.5. The van der Waals surface area contributed by atoms with Crippen molar-refractivity contribution in [1.82, 2.24) is 0 Å². The van der Waals surface area contributed by atoms with Crippen molar-refractivity contribution >= 4 is 69.6 Å². The Hall–Kier alpha value is 0.180. The highest BCUT2D eigenvalue weighted by atomic mass is 35.5. The minimum absolute atomic E-state index is 0.413. The number of benzene rings is 2. The summed E-state index contributed by atoms with van der Waals surface area (Å²) in [6.07, 6.45) is 0. The summed E-state index contributed by atoms with van der Waals surface area (Å²) in [7, 11) is 0. The van der Waals surface area contributed by atoms with E-state index in [0.29, 0.717) is 42.3 Å². The molecule has 2 rings (SSSR count). The summed E-state index contributed by atoms with van der Waals surface area (Å²) in [5, 5.41) is 1.92. The van der Waals surface area contributed by atoms with Crippen LogP contribution in [0.3, 0.4) is 0 Å². The van der Waals surface area contributed by atoms with Gasteiger partial charge in [0.15, 0.2) is 4.33 Å². The number of alkyl halides is 2. The van der Waals surface area contributed by atoms with Crippen LogP contribution in [0.1, 0.15) is 22.3 Å². The Morgan fingerprint density at radius 2 is 1.00 bits per heavy atom. The Morgan fingerprint density at radius 3 is 1.33 bits per heavy atom. The second kappa shape index (κ2) is 6.35. The summed E-state index contributed by atoms with van der Waals surface area (Å²) in [6, 6.07) is 6.79. The van der Waals surface area contributed by atoms with Crippen LogP contribution in [-0.4, -0.2) is 0 Å². The molecule has 0 atom stereocenters. The van der Waals surface area contributed by atoms with Gasteiger partial charge in [0.1, 0.15) is 0 Å². The summed E-state index contributed by atoms with van der Waals surface area (Å²) < 4.78 is -1.40. The average Bonchev–Trinajstić information content (AvgIpc) is 2.41. The van der Waals surface area contributed by atoms with Gasteiger partial charge < -0.3 is 0 Å². The fraction of sp³-hybridized carbons (Fsp3) is 0.200. The van der Waals surface area contributed by atoms with Crippen LogP contribution >= 0.6 is 69.6 Å². The number of halogens is 6.